The first-order chi connectivity index (χ1) is 8.10. The van der Waals surface area contributed by atoms with Gasteiger partial charge in [-0.05, 0) is 17.7 Å². The average molecular weight is 255 g/mol. The zero-order chi connectivity index (χ0) is 12.4. The molecule has 1 fully saturated rings. The Morgan fingerprint density at radius 1 is 1.59 bits per heavy atom. The van der Waals surface area contributed by atoms with Crippen LogP contribution in [0.3, 0.4) is 0 Å². The van der Waals surface area contributed by atoms with Crippen LogP contribution in [-0.4, -0.2) is 30.5 Å². The van der Waals surface area contributed by atoms with Crippen molar-refractivity contribution in [3.05, 3.63) is 28.8 Å². The van der Waals surface area contributed by atoms with Crippen LogP contribution >= 0.6 is 11.6 Å². The quantitative estimate of drug-likeness (QED) is 0.887. The van der Waals surface area contributed by atoms with Gasteiger partial charge in [-0.1, -0.05) is 17.7 Å². The molecule has 2 rings (SSSR count). The van der Waals surface area contributed by atoms with E-state index in [1.165, 1.54) is 0 Å². The summed E-state index contributed by atoms with van der Waals surface area (Å²) in [5, 5.41) is 0.556. The molecule has 1 aromatic carbocycles. The normalized spacial score (nSPS) is 19.8. The molecule has 1 atom stereocenters. The fraction of sp³-hybridized carbons (Fsp3) is 0.417. The van der Waals surface area contributed by atoms with Crippen molar-refractivity contribution in [3.63, 3.8) is 0 Å². The Kier molecular flexibility index (Phi) is 3.54. The molecule has 1 unspecified atom stereocenters. The highest BCUT2D eigenvalue weighted by molar-refractivity contribution is 6.32. The number of rotatable bonds is 3. The Hall–Kier alpha value is -1.26. The van der Waals surface area contributed by atoms with E-state index in [-0.39, 0.29) is 11.9 Å². The average Bonchev–Trinajstić information content (AvgIpc) is 2.58. The molecular weight excluding hydrogens is 240 g/mol. The number of ether oxygens (including phenoxy) is 1. The molecule has 0 saturated carbocycles. The highest BCUT2D eigenvalue weighted by atomic mass is 35.5. The lowest BCUT2D eigenvalue weighted by Crippen LogP contribution is -2.27. The monoisotopic (exact) mass is 254 g/mol. The van der Waals surface area contributed by atoms with Crippen LogP contribution in [-0.2, 0) is 11.3 Å². The van der Waals surface area contributed by atoms with Crippen molar-refractivity contribution in [2.24, 2.45) is 5.73 Å². The van der Waals surface area contributed by atoms with Gasteiger partial charge in [0.2, 0.25) is 5.91 Å². The van der Waals surface area contributed by atoms with E-state index in [0.29, 0.717) is 30.3 Å². The molecule has 1 amide bonds. The predicted molar refractivity (Wildman–Crippen MR) is 66.0 cm³/mol. The lowest BCUT2D eigenvalue weighted by Gasteiger charge is -2.16. The third-order valence-electron chi connectivity index (χ3n) is 2.83. The maximum absolute atomic E-state index is 11.6. The molecule has 0 bridgehead atoms. The second-order valence-corrected chi connectivity index (χ2v) is 4.61. The molecule has 92 valence electrons. The standard InChI is InChI=1S/C12H15ClN2O2/c1-17-11-3-2-8(4-10(11)13)6-15-7-9(14)5-12(15)16/h2-4,9H,5-7,14H2,1H3. The number of carbonyl (C=O) groups is 1. The molecular formula is C12H15ClN2O2. The number of nitrogens with zero attached hydrogens (tertiary/aromatic N) is 1. The Balaban J connectivity index is 2.09. The van der Waals surface area contributed by atoms with Gasteiger partial charge in [-0.25, -0.2) is 0 Å². The molecule has 1 saturated heterocycles. The van der Waals surface area contributed by atoms with E-state index in [1.54, 1.807) is 18.1 Å². The zero-order valence-corrected chi connectivity index (χ0v) is 10.4. The Morgan fingerprint density at radius 2 is 2.35 bits per heavy atom. The third-order valence-corrected chi connectivity index (χ3v) is 3.13. The molecule has 0 radical (unpaired) electrons. The molecule has 1 aliphatic rings. The lowest BCUT2D eigenvalue weighted by atomic mass is 10.2. The van der Waals surface area contributed by atoms with Crippen LogP contribution in [0.25, 0.3) is 0 Å². The molecule has 1 aliphatic heterocycles. The molecule has 1 heterocycles. The molecule has 0 aromatic heterocycles. The van der Waals surface area contributed by atoms with Gasteiger partial charge >= 0.3 is 0 Å². The summed E-state index contributed by atoms with van der Waals surface area (Å²) in [6, 6.07) is 5.48. The van der Waals surface area contributed by atoms with Crippen LogP contribution in [0.4, 0.5) is 0 Å². The van der Waals surface area contributed by atoms with Crippen molar-refractivity contribution >= 4 is 17.5 Å². The Bertz CT molecular complexity index is 437. The zero-order valence-electron chi connectivity index (χ0n) is 9.65. The van der Waals surface area contributed by atoms with Crippen molar-refractivity contribution in [1.82, 2.24) is 4.90 Å². The number of nitrogens with two attached hydrogens (primary N) is 1. The predicted octanol–water partition coefficient (Wildman–Crippen LogP) is 1.41. The summed E-state index contributed by atoms with van der Waals surface area (Å²) < 4.78 is 5.08. The van der Waals surface area contributed by atoms with Crippen molar-refractivity contribution in [1.29, 1.82) is 0 Å². The minimum atomic E-state index is -0.0452. The number of methoxy groups -OCH3 is 1. The summed E-state index contributed by atoms with van der Waals surface area (Å²) in [7, 11) is 1.57. The summed E-state index contributed by atoms with van der Waals surface area (Å²) in [4.78, 5) is 13.3. The number of benzene rings is 1. The van der Waals surface area contributed by atoms with Crippen LogP contribution in [0.5, 0.6) is 5.75 Å². The van der Waals surface area contributed by atoms with E-state index < -0.39 is 0 Å². The number of hydrogen-bond acceptors (Lipinski definition) is 3. The van der Waals surface area contributed by atoms with Gasteiger partial charge in [0.1, 0.15) is 5.75 Å². The number of halogens is 1. The first-order valence-electron chi connectivity index (χ1n) is 5.46. The number of likely N-dealkylation sites (tertiary alicyclic amines) is 1. The molecule has 5 heteroatoms. The summed E-state index contributed by atoms with van der Waals surface area (Å²) in [6.45, 7) is 1.17. The van der Waals surface area contributed by atoms with Crippen LogP contribution < -0.4 is 10.5 Å². The van der Waals surface area contributed by atoms with Crippen molar-refractivity contribution in [2.75, 3.05) is 13.7 Å². The van der Waals surface area contributed by atoms with Crippen molar-refractivity contribution in [2.45, 2.75) is 19.0 Å². The SMILES string of the molecule is COc1ccc(CN2CC(N)CC2=O)cc1Cl. The first-order valence-corrected chi connectivity index (χ1v) is 5.83. The number of amides is 1. The highest BCUT2D eigenvalue weighted by Crippen LogP contribution is 2.26. The Labute approximate surface area is 105 Å². The van der Waals surface area contributed by atoms with Crippen molar-refractivity contribution in [3.8, 4) is 5.75 Å². The minimum absolute atomic E-state index is 0.0452. The van der Waals surface area contributed by atoms with E-state index in [0.717, 1.165) is 5.56 Å². The lowest BCUT2D eigenvalue weighted by molar-refractivity contribution is -0.128. The van der Waals surface area contributed by atoms with E-state index in [1.807, 2.05) is 12.1 Å². The van der Waals surface area contributed by atoms with Crippen molar-refractivity contribution < 1.29 is 9.53 Å². The van der Waals surface area contributed by atoms with Crippen LogP contribution in [0.15, 0.2) is 18.2 Å². The van der Waals surface area contributed by atoms with Gasteiger partial charge in [0.15, 0.2) is 0 Å². The maximum atomic E-state index is 11.6. The van der Waals surface area contributed by atoms with E-state index in [4.69, 9.17) is 22.1 Å². The topological polar surface area (TPSA) is 55.6 Å². The smallest absolute Gasteiger partial charge is 0.224 e. The minimum Gasteiger partial charge on any atom is -0.495 e. The van der Waals surface area contributed by atoms with Gasteiger partial charge in [0, 0.05) is 25.6 Å². The highest BCUT2D eigenvalue weighted by Gasteiger charge is 2.26. The molecule has 0 aliphatic carbocycles. The summed E-state index contributed by atoms with van der Waals surface area (Å²) in [5.74, 6) is 0.740. The van der Waals surface area contributed by atoms with E-state index in [2.05, 4.69) is 0 Å². The van der Waals surface area contributed by atoms with Gasteiger partial charge in [-0.2, -0.15) is 0 Å². The molecule has 2 N–H and O–H groups in total. The number of hydrogen-bond donors (Lipinski definition) is 1. The van der Waals surface area contributed by atoms with Gasteiger partial charge in [0.25, 0.3) is 0 Å². The van der Waals surface area contributed by atoms with Crippen LogP contribution in [0.2, 0.25) is 5.02 Å². The summed E-state index contributed by atoms with van der Waals surface area (Å²) >= 11 is 6.03. The van der Waals surface area contributed by atoms with Crippen LogP contribution in [0.1, 0.15) is 12.0 Å². The Morgan fingerprint density at radius 3 is 2.88 bits per heavy atom. The van der Waals surface area contributed by atoms with E-state index >= 15 is 0 Å². The van der Waals surface area contributed by atoms with E-state index in [9.17, 15) is 4.79 Å². The number of carbonyl (C=O) groups excluding carboxylic acids is 1. The van der Waals surface area contributed by atoms with Gasteiger partial charge in [-0.15, -0.1) is 0 Å². The second kappa shape index (κ2) is 4.94. The largest absolute Gasteiger partial charge is 0.495 e. The fourth-order valence-electron chi connectivity index (χ4n) is 1.98. The molecule has 0 spiro atoms. The summed E-state index contributed by atoms with van der Waals surface area (Å²) in [6.07, 6.45) is 0.434. The maximum Gasteiger partial charge on any atom is 0.224 e. The fourth-order valence-corrected chi connectivity index (χ4v) is 2.26. The van der Waals surface area contributed by atoms with Gasteiger partial charge in [0.05, 0.1) is 12.1 Å². The van der Waals surface area contributed by atoms with Gasteiger partial charge in [-0.3, -0.25) is 4.79 Å². The first kappa shape index (κ1) is 12.2. The van der Waals surface area contributed by atoms with Crippen LogP contribution in [0, 0.1) is 0 Å². The second-order valence-electron chi connectivity index (χ2n) is 4.21. The molecule has 1 aromatic rings. The molecule has 17 heavy (non-hydrogen) atoms. The van der Waals surface area contributed by atoms with Gasteiger partial charge < -0.3 is 15.4 Å². The summed E-state index contributed by atoms with van der Waals surface area (Å²) in [5.41, 5.74) is 6.72. The third kappa shape index (κ3) is 2.70. The molecule has 4 nitrogen and oxygen atoms in total.